The smallest absolute Gasteiger partial charge is 0.156 e. The molecule has 1 aromatic rings. The van der Waals surface area contributed by atoms with Gasteiger partial charge in [0.25, 0.3) is 0 Å². The molecule has 1 fully saturated rings. The number of nitrogens with zero attached hydrogens (tertiary/aromatic N) is 2. The number of aliphatic imine (C=N–C) groups is 1. The van der Waals surface area contributed by atoms with E-state index in [9.17, 15) is 0 Å². The van der Waals surface area contributed by atoms with Crippen molar-refractivity contribution in [2.75, 3.05) is 12.3 Å². The van der Waals surface area contributed by atoms with Gasteiger partial charge in [-0.2, -0.15) is 0 Å². The van der Waals surface area contributed by atoms with Crippen molar-refractivity contribution in [3.8, 4) is 0 Å². The second kappa shape index (κ2) is 6.27. The molecule has 1 aliphatic heterocycles. The third kappa shape index (κ3) is 4.21. The Hall–Kier alpha value is -0.550. The van der Waals surface area contributed by atoms with E-state index in [0.717, 1.165) is 11.7 Å². The fourth-order valence-electron chi connectivity index (χ4n) is 2.05. The highest BCUT2D eigenvalue weighted by molar-refractivity contribution is 8.13. The van der Waals surface area contributed by atoms with Gasteiger partial charge in [-0.15, -0.1) is 11.3 Å². The molecule has 1 aliphatic rings. The summed E-state index contributed by atoms with van der Waals surface area (Å²) in [6.45, 7) is 9.88. The lowest BCUT2D eigenvalue weighted by molar-refractivity contribution is 0.290. The summed E-state index contributed by atoms with van der Waals surface area (Å²) in [5.74, 6) is 1.57. The van der Waals surface area contributed by atoms with Crippen molar-refractivity contribution in [3.05, 3.63) is 16.6 Å². The Labute approximate surface area is 124 Å². The number of nitrogens with one attached hydrogen (secondary N) is 1. The maximum atomic E-state index is 4.74. The number of thioether (sulfide) groups is 1. The zero-order chi connectivity index (χ0) is 13.9. The lowest BCUT2D eigenvalue weighted by atomic mass is 9.85. The Kier molecular flexibility index (Phi) is 4.90. The van der Waals surface area contributed by atoms with Gasteiger partial charge in [0.15, 0.2) is 5.17 Å². The van der Waals surface area contributed by atoms with E-state index in [2.05, 4.69) is 38.0 Å². The maximum Gasteiger partial charge on any atom is 0.156 e. The molecular formula is C14H23N3S2. The number of hydrogen-bond donors (Lipinski definition) is 1. The zero-order valence-corrected chi connectivity index (χ0v) is 13.8. The third-order valence-corrected chi connectivity index (χ3v) is 5.34. The van der Waals surface area contributed by atoms with Crippen molar-refractivity contribution in [3.63, 3.8) is 0 Å². The summed E-state index contributed by atoms with van der Waals surface area (Å²) in [5, 5.41) is 7.90. The minimum atomic E-state index is 0.294. The van der Waals surface area contributed by atoms with Gasteiger partial charge in [-0.1, -0.05) is 39.5 Å². The minimum Gasteiger partial charge on any atom is -0.362 e. The van der Waals surface area contributed by atoms with E-state index in [0.29, 0.717) is 17.4 Å². The molecule has 0 bridgehead atoms. The van der Waals surface area contributed by atoms with Crippen LogP contribution in [0.2, 0.25) is 0 Å². The topological polar surface area (TPSA) is 37.3 Å². The molecule has 0 aliphatic carbocycles. The highest BCUT2D eigenvalue weighted by atomic mass is 32.2. The van der Waals surface area contributed by atoms with Gasteiger partial charge in [-0.3, -0.25) is 4.99 Å². The highest BCUT2D eigenvalue weighted by Gasteiger charge is 2.28. The molecule has 2 heterocycles. The lowest BCUT2D eigenvalue weighted by Crippen LogP contribution is -2.46. The van der Waals surface area contributed by atoms with Gasteiger partial charge in [0.05, 0.1) is 11.6 Å². The van der Waals surface area contributed by atoms with Gasteiger partial charge < -0.3 is 5.32 Å². The normalized spacial score (nSPS) is 24.2. The molecule has 0 aromatic carbocycles. The van der Waals surface area contributed by atoms with Crippen LogP contribution in [0.1, 0.15) is 45.0 Å². The molecule has 19 heavy (non-hydrogen) atoms. The van der Waals surface area contributed by atoms with Crippen LogP contribution in [0.3, 0.4) is 0 Å². The molecule has 0 spiro atoms. The van der Waals surface area contributed by atoms with Crippen molar-refractivity contribution in [1.29, 1.82) is 0 Å². The molecule has 0 saturated carbocycles. The number of aromatic nitrogens is 1. The number of hydrogen-bond acceptors (Lipinski definition) is 4. The monoisotopic (exact) mass is 297 g/mol. The summed E-state index contributed by atoms with van der Waals surface area (Å²) in [6.07, 6.45) is 3.09. The number of rotatable bonds is 3. The van der Waals surface area contributed by atoms with Gasteiger partial charge in [0, 0.05) is 29.3 Å². The van der Waals surface area contributed by atoms with E-state index in [1.165, 1.54) is 17.2 Å². The van der Waals surface area contributed by atoms with Gasteiger partial charge in [-0.05, 0) is 11.8 Å². The number of thiazole rings is 1. The summed E-state index contributed by atoms with van der Waals surface area (Å²) in [7, 11) is 0. The van der Waals surface area contributed by atoms with Crippen LogP contribution in [-0.4, -0.2) is 28.5 Å². The average Bonchev–Trinajstić information content (AvgIpc) is 2.89. The molecule has 106 valence electrons. The Bertz CT molecular complexity index is 420. The second-order valence-corrected chi connectivity index (χ2v) is 8.13. The molecule has 1 N–H and O–H groups in total. The van der Waals surface area contributed by atoms with Crippen molar-refractivity contribution >= 4 is 28.3 Å². The first-order chi connectivity index (χ1) is 8.97. The molecule has 0 radical (unpaired) electrons. The fraction of sp³-hybridized carbons (Fsp3) is 0.714. The largest absolute Gasteiger partial charge is 0.362 e. The first kappa shape index (κ1) is 14.9. The van der Waals surface area contributed by atoms with Crippen LogP contribution < -0.4 is 5.32 Å². The zero-order valence-electron chi connectivity index (χ0n) is 12.1. The van der Waals surface area contributed by atoms with E-state index < -0.39 is 0 Å². The van der Waals surface area contributed by atoms with E-state index in [1.54, 1.807) is 11.3 Å². The minimum absolute atomic E-state index is 0.294. The number of amidine groups is 1. The molecule has 2 unspecified atom stereocenters. The van der Waals surface area contributed by atoms with Crippen LogP contribution in [0.4, 0.5) is 0 Å². The molecule has 5 heteroatoms. The standard InChI is InChI=1S/C14H23N3S2/c1-10(12-15-6-8-18-12)9-16-13-17-11(5-7-19-13)14(2,3)4/h6,8,10-11H,5,7,9H2,1-4H3,(H,16,17). The maximum absolute atomic E-state index is 4.74. The van der Waals surface area contributed by atoms with Gasteiger partial charge in [0.2, 0.25) is 0 Å². The van der Waals surface area contributed by atoms with Crippen molar-refractivity contribution in [2.45, 2.75) is 46.1 Å². The average molecular weight is 297 g/mol. The first-order valence-corrected chi connectivity index (χ1v) is 8.66. The second-order valence-electron chi connectivity index (χ2n) is 6.12. The molecule has 1 aromatic heterocycles. The summed E-state index contributed by atoms with van der Waals surface area (Å²) >= 11 is 3.56. The molecule has 3 nitrogen and oxygen atoms in total. The predicted molar refractivity (Wildman–Crippen MR) is 86.3 cm³/mol. The summed E-state index contributed by atoms with van der Waals surface area (Å²) in [5.41, 5.74) is 0.294. The van der Waals surface area contributed by atoms with E-state index in [-0.39, 0.29) is 0 Å². The van der Waals surface area contributed by atoms with Crippen LogP contribution in [-0.2, 0) is 0 Å². The molecule has 1 saturated heterocycles. The van der Waals surface area contributed by atoms with Crippen molar-refractivity contribution in [1.82, 2.24) is 10.3 Å². The van der Waals surface area contributed by atoms with Crippen LogP contribution in [0.25, 0.3) is 0 Å². The Balaban J connectivity index is 1.92. The van der Waals surface area contributed by atoms with E-state index in [4.69, 9.17) is 4.99 Å². The van der Waals surface area contributed by atoms with Gasteiger partial charge in [-0.25, -0.2) is 4.98 Å². The Morgan fingerprint density at radius 3 is 2.95 bits per heavy atom. The summed E-state index contributed by atoms with van der Waals surface area (Å²) < 4.78 is 0. The molecule has 0 amide bonds. The van der Waals surface area contributed by atoms with E-state index >= 15 is 0 Å². The Morgan fingerprint density at radius 1 is 1.53 bits per heavy atom. The quantitative estimate of drug-likeness (QED) is 0.923. The summed E-state index contributed by atoms with van der Waals surface area (Å²) in [6, 6.07) is 0.530. The third-order valence-electron chi connectivity index (χ3n) is 3.37. The molecule has 2 rings (SSSR count). The van der Waals surface area contributed by atoms with Gasteiger partial charge >= 0.3 is 0 Å². The SMILES string of the molecule is CC(CN=C1NC(C(C)(C)C)CCS1)c1nccs1. The predicted octanol–water partition coefficient (Wildman–Crippen LogP) is 3.74. The lowest BCUT2D eigenvalue weighted by Gasteiger charge is -2.35. The van der Waals surface area contributed by atoms with Crippen molar-refractivity contribution < 1.29 is 0 Å². The molecule has 2 atom stereocenters. The first-order valence-electron chi connectivity index (χ1n) is 6.80. The van der Waals surface area contributed by atoms with E-state index in [1.807, 2.05) is 23.3 Å². The van der Waals surface area contributed by atoms with Crippen LogP contribution >= 0.6 is 23.1 Å². The van der Waals surface area contributed by atoms with Crippen LogP contribution in [0, 0.1) is 5.41 Å². The van der Waals surface area contributed by atoms with Crippen molar-refractivity contribution in [2.24, 2.45) is 10.4 Å². The molecular weight excluding hydrogens is 274 g/mol. The highest BCUT2D eigenvalue weighted by Crippen LogP contribution is 2.27. The summed E-state index contributed by atoms with van der Waals surface area (Å²) in [4.78, 5) is 9.09. The fourth-order valence-corrected chi connectivity index (χ4v) is 3.68. The van der Waals surface area contributed by atoms with Crippen LogP contribution in [0.15, 0.2) is 16.6 Å². The van der Waals surface area contributed by atoms with Crippen LogP contribution in [0.5, 0.6) is 0 Å². The van der Waals surface area contributed by atoms with Gasteiger partial charge in [0.1, 0.15) is 0 Å². The Morgan fingerprint density at radius 2 is 2.32 bits per heavy atom.